The second-order valence-electron chi connectivity index (χ2n) is 3.33. The van der Waals surface area contributed by atoms with Crippen molar-refractivity contribution in [2.45, 2.75) is 18.5 Å². The molecule has 4 nitrogen and oxygen atoms in total. The zero-order chi connectivity index (χ0) is 7.84. The number of hydrogen-bond donors (Lipinski definition) is 3. The molecule has 0 radical (unpaired) electrons. The van der Waals surface area contributed by atoms with Crippen molar-refractivity contribution in [3.05, 3.63) is 0 Å². The maximum Gasteiger partial charge on any atom is 0.321 e. The molecule has 2 fully saturated rings. The Morgan fingerprint density at radius 1 is 1.45 bits per heavy atom. The molecule has 2 heterocycles. The lowest BCUT2D eigenvalue weighted by Crippen LogP contribution is -2.38. The largest absolute Gasteiger partial charge is 0.480 e. The molecule has 2 rings (SSSR count). The van der Waals surface area contributed by atoms with E-state index >= 15 is 0 Å². The monoisotopic (exact) mass is 156 g/mol. The number of carboxylic acids is 1. The number of hydrogen-bond acceptors (Lipinski definition) is 3. The van der Waals surface area contributed by atoms with E-state index in [1.165, 1.54) is 0 Å². The first-order chi connectivity index (χ1) is 5.27. The molecule has 2 aliphatic heterocycles. The zero-order valence-electron chi connectivity index (χ0n) is 6.21. The summed E-state index contributed by atoms with van der Waals surface area (Å²) >= 11 is 0. The molecule has 2 saturated heterocycles. The first kappa shape index (κ1) is 7.06. The molecule has 2 aliphatic rings. The number of aliphatic carboxylic acids is 1. The van der Waals surface area contributed by atoms with Gasteiger partial charge in [0.1, 0.15) is 6.04 Å². The minimum absolute atomic E-state index is 0.297. The van der Waals surface area contributed by atoms with Crippen molar-refractivity contribution >= 4 is 5.97 Å². The minimum atomic E-state index is -0.707. The predicted octanol–water partition coefficient (Wildman–Crippen LogP) is -0.979. The van der Waals surface area contributed by atoms with E-state index in [1.807, 2.05) is 0 Å². The average Bonchev–Trinajstić information content (AvgIpc) is 2.27. The lowest BCUT2D eigenvalue weighted by molar-refractivity contribution is -0.140. The molecule has 0 spiro atoms. The maximum absolute atomic E-state index is 10.7. The van der Waals surface area contributed by atoms with Crippen molar-refractivity contribution in [1.82, 2.24) is 10.6 Å². The van der Waals surface area contributed by atoms with Gasteiger partial charge >= 0.3 is 5.97 Å². The third-order valence-electron chi connectivity index (χ3n) is 2.54. The predicted molar refractivity (Wildman–Crippen MR) is 39.3 cm³/mol. The van der Waals surface area contributed by atoms with Gasteiger partial charge in [0.15, 0.2) is 0 Å². The first-order valence-electron chi connectivity index (χ1n) is 3.97. The summed E-state index contributed by atoms with van der Waals surface area (Å²) in [5, 5.41) is 15.1. The molecule has 4 heteroatoms. The van der Waals surface area contributed by atoms with Gasteiger partial charge in [-0.05, 0) is 12.3 Å². The van der Waals surface area contributed by atoms with Crippen molar-refractivity contribution < 1.29 is 9.90 Å². The van der Waals surface area contributed by atoms with Crippen LogP contribution in [0.3, 0.4) is 0 Å². The van der Waals surface area contributed by atoms with Crippen LogP contribution >= 0.6 is 0 Å². The van der Waals surface area contributed by atoms with Gasteiger partial charge in [-0.1, -0.05) is 0 Å². The van der Waals surface area contributed by atoms with Crippen molar-refractivity contribution in [1.29, 1.82) is 0 Å². The number of rotatable bonds is 1. The highest BCUT2D eigenvalue weighted by Crippen LogP contribution is 2.22. The molecule has 0 aliphatic carbocycles. The number of carbonyl (C=O) groups is 1. The van der Waals surface area contributed by atoms with Crippen LogP contribution in [0.4, 0.5) is 0 Å². The van der Waals surface area contributed by atoms with Crippen LogP contribution in [0.2, 0.25) is 0 Å². The first-order valence-corrected chi connectivity index (χ1v) is 3.97. The van der Waals surface area contributed by atoms with E-state index in [4.69, 9.17) is 5.11 Å². The number of carboxylic acid groups (broad SMARTS) is 1. The second-order valence-corrected chi connectivity index (χ2v) is 3.33. The molecule has 0 aromatic carbocycles. The van der Waals surface area contributed by atoms with Crippen LogP contribution in [0.5, 0.6) is 0 Å². The Labute approximate surface area is 65.0 Å². The van der Waals surface area contributed by atoms with E-state index in [1.54, 1.807) is 0 Å². The Hall–Kier alpha value is -0.610. The van der Waals surface area contributed by atoms with E-state index in [0.29, 0.717) is 12.0 Å². The van der Waals surface area contributed by atoms with Crippen LogP contribution in [0.25, 0.3) is 0 Å². The normalized spacial score (nSPS) is 42.4. The molecule has 62 valence electrons. The Kier molecular flexibility index (Phi) is 1.58. The van der Waals surface area contributed by atoms with Crippen LogP contribution in [0.15, 0.2) is 0 Å². The van der Waals surface area contributed by atoms with Gasteiger partial charge in [0.2, 0.25) is 0 Å². The minimum Gasteiger partial charge on any atom is -0.480 e. The summed E-state index contributed by atoms with van der Waals surface area (Å²) in [6, 6.07) is 0.0739. The van der Waals surface area contributed by atoms with Crippen molar-refractivity contribution in [3.63, 3.8) is 0 Å². The van der Waals surface area contributed by atoms with Crippen LogP contribution in [-0.4, -0.2) is 36.2 Å². The van der Waals surface area contributed by atoms with Crippen molar-refractivity contribution in [3.8, 4) is 0 Å². The summed E-state index contributed by atoms with van der Waals surface area (Å²) in [5.74, 6) is -0.410. The van der Waals surface area contributed by atoms with Gasteiger partial charge in [-0.3, -0.25) is 4.79 Å². The summed E-state index contributed by atoms with van der Waals surface area (Å²) < 4.78 is 0. The number of nitrogens with one attached hydrogen (secondary N) is 2. The van der Waals surface area contributed by atoms with Gasteiger partial charge in [0.25, 0.3) is 0 Å². The highest BCUT2D eigenvalue weighted by Gasteiger charge is 2.40. The molecule has 0 saturated carbocycles. The highest BCUT2D eigenvalue weighted by molar-refractivity contribution is 5.74. The van der Waals surface area contributed by atoms with Gasteiger partial charge in [0, 0.05) is 19.1 Å². The molecule has 3 unspecified atom stereocenters. The van der Waals surface area contributed by atoms with E-state index in [9.17, 15) is 4.79 Å². The van der Waals surface area contributed by atoms with Gasteiger partial charge in [-0.25, -0.2) is 0 Å². The number of fused-ring (bicyclic) bond motifs is 2. The Balaban J connectivity index is 2.08. The fourth-order valence-electron chi connectivity index (χ4n) is 2.02. The lowest BCUT2D eigenvalue weighted by atomic mass is 9.96. The average molecular weight is 156 g/mol. The van der Waals surface area contributed by atoms with Gasteiger partial charge < -0.3 is 15.7 Å². The summed E-state index contributed by atoms with van der Waals surface area (Å²) in [4.78, 5) is 10.7. The van der Waals surface area contributed by atoms with E-state index in [2.05, 4.69) is 10.6 Å². The lowest BCUT2D eigenvalue weighted by Gasteiger charge is -2.18. The molecule has 3 N–H and O–H groups in total. The van der Waals surface area contributed by atoms with Crippen LogP contribution < -0.4 is 10.6 Å². The second kappa shape index (κ2) is 2.46. The SMILES string of the molecule is O=C(O)C1NC2CNCC1C2. The quantitative estimate of drug-likeness (QED) is 0.456. The molecule has 0 aromatic heterocycles. The molecule has 0 amide bonds. The van der Waals surface area contributed by atoms with Gasteiger partial charge in [-0.2, -0.15) is 0 Å². The molecule has 11 heavy (non-hydrogen) atoms. The van der Waals surface area contributed by atoms with Gasteiger partial charge in [-0.15, -0.1) is 0 Å². The third kappa shape index (κ3) is 1.12. The Morgan fingerprint density at radius 2 is 2.27 bits per heavy atom. The van der Waals surface area contributed by atoms with Crippen LogP contribution in [-0.2, 0) is 4.79 Å². The molecule has 0 aromatic rings. The van der Waals surface area contributed by atoms with Crippen molar-refractivity contribution in [2.24, 2.45) is 5.92 Å². The summed E-state index contributed by atoms with van der Waals surface area (Å²) in [5.41, 5.74) is 0. The molecular weight excluding hydrogens is 144 g/mol. The van der Waals surface area contributed by atoms with E-state index < -0.39 is 5.97 Å². The fourth-order valence-corrected chi connectivity index (χ4v) is 2.02. The summed E-state index contributed by atoms with van der Waals surface area (Å²) in [6.45, 7) is 1.76. The Morgan fingerprint density at radius 3 is 2.91 bits per heavy atom. The van der Waals surface area contributed by atoms with E-state index in [-0.39, 0.29) is 6.04 Å². The fraction of sp³-hybridized carbons (Fsp3) is 0.857. The molecule has 3 atom stereocenters. The zero-order valence-corrected chi connectivity index (χ0v) is 6.21. The highest BCUT2D eigenvalue weighted by atomic mass is 16.4. The Bertz CT molecular complexity index is 183. The van der Waals surface area contributed by atoms with Gasteiger partial charge in [0.05, 0.1) is 0 Å². The van der Waals surface area contributed by atoms with Crippen LogP contribution in [0, 0.1) is 5.92 Å². The van der Waals surface area contributed by atoms with E-state index in [0.717, 1.165) is 19.5 Å². The molecule has 2 bridgehead atoms. The van der Waals surface area contributed by atoms with Crippen LogP contribution in [0.1, 0.15) is 6.42 Å². The maximum atomic E-state index is 10.7. The number of piperidine rings is 1. The standard InChI is InChI=1S/C7H12N2O2/c10-7(11)6-4-1-5(9-6)3-8-2-4/h4-6,8-9H,1-3H2,(H,10,11). The smallest absolute Gasteiger partial charge is 0.321 e. The molecular formula is C7H12N2O2. The third-order valence-corrected chi connectivity index (χ3v) is 2.54. The topological polar surface area (TPSA) is 61.4 Å². The summed E-state index contributed by atoms with van der Waals surface area (Å²) in [6.07, 6.45) is 1.02. The van der Waals surface area contributed by atoms with Crippen molar-refractivity contribution in [2.75, 3.05) is 13.1 Å². The summed E-state index contributed by atoms with van der Waals surface area (Å²) in [7, 11) is 0.